The lowest BCUT2D eigenvalue weighted by Crippen LogP contribution is -2.42. The van der Waals surface area contributed by atoms with Gasteiger partial charge in [-0.25, -0.2) is 0 Å². The van der Waals surface area contributed by atoms with E-state index in [1.54, 1.807) is 0 Å². The van der Waals surface area contributed by atoms with Crippen LogP contribution in [0.2, 0.25) is 0 Å². The molecule has 0 spiro atoms. The maximum atomic E-state index is 11.8. The van der Waals surface area contributed by atoms with Crippen LogP contribution < -0.4 is 5.32 Å². The summed E-state index contributed by atoms with van der Waals surface area (Å²) in [6, 6.07) is 0.484. The third kappa shape index (κ3) is 5.04. The molecular formula is C13H26N2O2. The molecule has 0 aliphatic carbocycles. The van der Waals surface area contributed by atoms with Crippen molar-refractivity contribution in [2.45, 2.75) is 39.7 Å². The molecule has 100 valence electrons. The maximum absolute atomic E-state index is 11.8. The van der Waals surface area contributed by atoms with Crippen molar-refractivity contribution in [3.8, 4) is 0 Å². The third-order valence-electron chi connectivity index (χ3n) is 3.67. The van der Waals surface area contributed by atoms with E-state index in [4.69, 9.17) is 4.74 Å². The van der Waals surface area contributed by atoms with Crippen molar-refractivity contribution in [3.05, 3.63) is 0 Å². The average Bonchev–Trinajstić information content (AvgIpc) is 2.38. The first-order valence-electron chi connectivity index (χ1n) is 6.74. The molecule has 0 aromatic heterocycles. The Bertz CT molecular complexity index is 227. The Balaban J connectivity index is 2.15. The highest BCUT2D eigenvalue weighted by Crippen LogP contribution is 2.06. The van der Waals surface area contributed by atoms with Gasteiger partial charge in [-0.1, -0.05) is 20.3 Å². The van der Waals surface area contributed by atoms with Crippen LogP contribution in [0.1, 0.15) is 33.6 Å². The molecule has 0 aromatic carbocycles. The molecule has 0 radical (unpaired) electrons. The molecule has 0 saturated carbocycles. The maximum Gasteiger partial charge on any atom is 0.224 e. The molecule has 1 aliphatic rings. The van der Waals surface area contributed by atoms with Crippen LogP contribution in [-0.4, -0.2) is 49.7 Å². The van der Waals surface area contributed by atoms with Crippen molar-refractivity contribution < 1.29 is 9.53 Å². The van der Waals surface area contributed by atoms with E-state index in [1.807, 2.05) is 4.90 Å². The summed E-state index contributed by atoms with van der Waals surface area (Å²) in [5.41, 5.74) is 0. The van der Waals surface area contributed by atoms with E-state index in [-0.39, 0.29) is 5.91 Å². The van der Waals surface area contributed by atoms with E-state index in [0.29, 0.717) is 31.6 Å². The van der Waals surface area contributed by atoms with Gasteiger partial charge in [0, 0.05) is 32.1 Å². The summed E-state index contributed by atoms with van der Waals surface area (Å²) >= 11 is 0. The fourth-order valence-electron chi connectivity index (χ4n) is 1.93. The van der Waals surface area contributed by atoms with Gasteiger partial charge in [0.2, 0.25) is 5.91 Å². The van der Waals surface area contributed by atoms with Gasteiger partial charge in [-0.3, -0.25) is 4.79 Å². The number of carbonyl (C=O) groups is 1. The number of ether oxygens (including phenoxy) is 1. The molecule has 2 atom stereocenters. The Morgan fingerprint density at radius 2 is 2.00 bits per heavy atom. The summed E-state index contributed by atoms with van der Waals surface area (Å²) < 4.78 is 5.23. The molecule has 1 amide bonds. The van der Waals surface area contributed by atoms with Crippen molar-refractivity contribution in [1.29, 1.82) is 0 Å². The van der Waals surface area contributed by atoms with Crippen LogP contribution in [-0.2, 0) is 9.53 Å². The Labute approximate surface area is 105 Å². The minimum atomic E-state index is 0.247. The smallest absolute Gasteiger partial charge is 0.224 e. The summed E-state index contributed by atoms with van der Waals surface area (Å²) in [7, 11) is 0. The lowest BCUT2D eigenvalue weighted by Gasteiger charge is -2.27. The van der Waals surface area contributed by atoms with Crippen LogP contribution >= 0.6 is 0 Å². The van der Waals surface area contributed by atoms with E-state index < -0.39 is 0 Å². The molecule has 1 fully saturated rings. The van der Waals surface area contributed by atoms with Crippen LogP contribution in [0.5, 0.6) is 0 Å². The number of rotatable bonds is 6. The normalized spacial score (nSPS) is 20.1. The van der Waals surface area contributed by atoms with Gasteiger partial charge in [0.15, 0.2) is 0 Å². The molecule has 4 nitrogen and oxygen atoms in total. The summed E-state index contributed by atoms with van der Waals surface area (Å²) in [5.74, 6) is 0.908. The van der Waals surface area contributed by atoms with Crippen LogP contribution in [0.3, 0.4) is 0 Å². The van der Waals surface area contributed by atoms with Crippen LogP contribution in [0.15, 0.2) is 0 Å². The fourth-order valence-corrected chi connectivity index (χ4v) is 1.93. The summed E-state index contributed by atoms with van der Waals surface area (Å²) in [4.78, 5) is 13.8. The third-order valence-corrected chi connectivity index (χ3v) is 3.67. The molecule has 1 saturated heterocycles. The van der Waals surface area contributed by atoms with Gasteiger partial charge in [-0.05, 0) is 12.8 Å². The van der Waals surface area contributed by atoms with E-state index in [2.05, 4.69) is 26.1 Å². The largest absolute Gasteiger partial charge is 0.378 e. The van der Waals surface area contributed by atoms with Crippen LogP contribution in [0.25, 0.3) is 0 Å². The average molecular weight is 242 g/mol. The molecule has 17 heavy (non-hydrogen) atoms. The highest BCUT2D eigenvalue weighted by molar-refractivity contribution is 5.76. The van der Waals surface area contributed by atoms with Crippen LogP contribution in [0, 0.1) is 5.92 Å². The molecule has 1 heterocycles. The second-order valence-corrected chi connectivity index (χ2v) is 4.87. The number of carbonyl (C=O) groups excluding carboxylic acids is 1. The fraction of sp³-hybridized carbons (Fsp3) is 0.923. The van der Waals surface area contributed by atoms with E-state index >= 15 is 0 Å². The first kappa shape index (κ1) is 14.5. The summed E-state index contributed by atoms with van der Waals surface area (Å²) in [6.45, 7) is 10.3. The van der Waals surface area contributed by atoms with Crippen molar-refractivity contribution >= 4 is 5.91 Å². The van der Waals surface area contributed by atoms with E-state index in [9.17, 15) is 4.79 Å². The zero-order valence-corrected chi connectivity index (χ0v) is 11.4. The molecule has 0 bridgehead atoms. The topological polar surface area (TPSA) is 41.6 Å². The van der Waals surface area contributed by atoms with Gasteiger partial charge in [0.25, 0.3) is 0 Å². The monoisotopic (exact) mass is 242 g/mol. The molecule has 4 heteroatoms. The second-order valence-electron chi connectivity index (χ2n) is 4.87. The second kappa shape index (κ2) is 7.67. The lowest BCUT2D eigenvalue weighted by atomic mass is 10.0. The molecular weight excluding hydrogens is 216 g/mol. The predicted molar refractivity (Wildman–Crippen MR) is 68.9 cm³/mol. The Kier molecular flexibility index (Phi) is 6.52. The minimum Gasteiger partial charge on any atom is -0.378 e. The number of amides is 1. The Hall–Kier alpha value is -0.610. The van der Waals surface area contributed by atoms with Gasteiger partial charge >= 0.3 is 0 Å². The Morgan fingerprint density at radius 3 is 2.59 bits per heavy atom. The molecule has 1 rings (SSSR count). The predicted octanol–water partition coefficient (Wildman–Crippen LogP) is 1.26. The van der Waals surface area contributed by atoms with Crippen molar-refractivity contribution in [3.63, 3.8) is 0 Å². The van der Waals surface area contributed by atoms with Gasteiger partial charge in [0.05, 0.1) is 13.2 Å². The highest BCUT2D eigenvalue weighted by atomic mass is 16.5. The van der Waals surface area contributed by atoms with E-state index in [1.165, 1.54) is 6.42 Å². The van der Waals surface area contributed by atoms with Gasteiger partial charge < -0.3 is 15.0 Å². The van der Waals surface area contributed by atoms with Gasteiger partial charge in [0.1, 0.15) is 0 Å². The number of hydrogen-bond donors (Lipinski definition) is 1. The number of hydrogen-bond acceptors (Lipinski definition) is 3. The Morgan fingerprint density at radius 1 is 1.35 bits per heavy atom. The molecule has 1 aliphatic heterocycles. The number of morpholine rings is 1. The molecule has 0 aromatic rings. The number of nitrogens with zero attached hydrogens (tertiary/aromatic N) is 1. The zero-order valence-electron chi connectivity index (χ0n) is 11.4. The highest BCUT2D eigenvalue weighted by Gasteiger charge is 2.16. The van der Waals surface area contributed by atoms with Crippen molar-refractivity contribution in [2.24, 2.45) is 5.92 Å². The van der Waals surface area contributed by atoms with Gasteiger partial charge in [-0.2, -0.15) is 0 Å². The van der Waals surface area contributed by atoms with Crippen LogP contribution in [0.4, 0.5) is 0 Å². The van der Waals surface area contributed by atoms with Crippen molar-refractivity contribution in [2.75, 3.05) is 32.8 Å². The number of nitrogens with one attached hydrogen (secondary N) is 1. The summed E-state index contributed by atoms with van der Waals surface area (Å²) in [5, 5.41) is 3.42. The van der Waals surface area contributed by atoms with Crippen molar-refractivity contribution in [1.82, 2.24) is 10.2 Å². The minimum absolute atomic E-state index is 0.247. The quantitative estimate of drug-likeness (QED) is 0.762. The first-order valence-corrected chi connectivity index (χ1v) is 6.74. The zero-order chi connectivity index (χ0) is 12.7. The van der Waals surface area contributed by atoms with E-state index in [0.717, 1.165) is 19.6 Å². The molecule has 1 N–H and O–H groups in total. The molecule has 2 unspecified atom stereocenters. The SMILES string of the molecule is CCC(C)C(C)NCCC(=O)N1CCOCC1. The van der Waals surface area contributed by atoms with Gasteiger partial charge in [-0.15, -0.1) is 0 Å². The standard InChI is InChI=1S/C13H26N2O2/c1-4-11(2)12(3)14-6-5-13(16)15-7-9-17-10-8-15/h11-12,14H,4-10H2,1-3H3. The summed E-state index contributed by atoms with van der Waals surface area (Å²) in [6.07, 6.45) is 1.77. The lowest BCUT2D eigenvalue weighted by molar-refractivity contribution is -0.135. The first-order chi connectivity index (χ1) is 8.15.